The van der Waals surface area contributed by atoms with Crippen LogP contribution in [0.15, 0.2) is 30.7 Å². The Kier molecular flexibility index (Phi) is 14.9. The third kappa shape index (κ3) is 9.36. The summed E-state index contributed by atoms with van der Waals surface area (Å²) in [4.78, 5) is 6.78. The average molecular weight is 373 g/mol. The van der Waals surface area contributed by atoms with Gasteiger partial charge in [0.15, 0.2) is 11.5 Å². The van der Waals surface area contributed by atoms with Gasteiger partial charge in [0.25, 0.3) is 0 Å². The molecule has 0 saturated carbocycles. The van der Waals surface area contributed by atoms with Crippen LogP contribution in [0.2, 0.25) is 0 Å². The first-order valence-electron chi connectivity index (χ1n) is 6.60. The predicted octanol–water partition coefficient (Wildman–Crippen LogP) is 0.528. The monoisotopic (exact) mass is 372 g/mol. The summed E-state index contributed by atoms with van der Waals surface area (Å²) in [7, 11) is 1.73. The molecule has 9 heteroatoms. The molecule has 0 aliphatic rings. The summed E-state index contributed by atoms with van der Waals surface area (Å²) in [5, 5.41) is 30.4. The average Bonchev–Trinajstić information content (AvgIpc) is 2.96. The number of aromatic amines is 1. The molecule has 128 valence electrons. The molecule has 23 heavy (non-hydrogen) atoms. The molecule has 2 aromatic rings. The van der Waals surface area contributed by atoms with E-state index in [4.69, 9.17) is 15.9 Å². The Balaban J connectivity index is -0.000000163. The van der Waals surface area contributed by atoms with Crippen molar-refractivity contribution in [1.29, 1.82) is 0 Å². The number of benzene rings is 1. The van der Waals surface area contributed by atoms with Crippen molar-refractivity contribution in [2.24, 2.45) is 5.73 Å². The van der Waals surface area contributed by atoms with E-state index >= 15 is 0 Å². The maximum absolute atomic E-state index is 9.48. The van der Waals surface area contributed by atoms with Gasteiger partial charge in [-0.15, -0.1) is 12.4 Å². The number of hydrogen-bond acceptors (Lipinski definition) is 6. The molecule has 0 radical (unpaired) electrons. The van der Waals surface area contributed by atoms with E-state index in [9.17, 15) is 5.11 Å². The van der Waals surface area contributed by atoms with Crippen molar-refractivity contribution in [2.45, 2.75) is 12.5 Å². The van der Waals surface area contributed by atoms with E-state index in [0.29, 0.717) is 18.7 Å². The predicted molar refractivity (Wildman–Crippen MR) is 95.2 cm³/mol. The van der Waals surface area contributed by atoms with Gasteiger partial charge in [0.1, 0.15) is 0 Å². The minimum absolute atomic E-state index is 0. The van der Waals surface area contributed by atoms with Gasteiger partial charge in [-0.05, 0) is 31.3 Å². The minimum atomic E-state index is -0.670. The summed E-state index contributed by atoms with van der Waals surface area (Å²) in [6.07, 6.45) is 3.66. The number of nitrogens with zero attached hydrogens (tertiary/aromatic N) is 1. The van der Waals surface area contributed by atoms with Crippen molar-refractivity contribution in [3.05, 3.63) is 42.0 Å². The van der Waals surface area contributed by atoms with Crippen LogP contribution >= 0.6 is 12.4 Å². The molecule has 0 fully saturated rings. The van der Waals surface area contributed by atoms with Gasteiger partial charge in [0.2, 0.25) is 0 Å². The van der Waals surface area contributed by atoms with Gasteiger partial charge < -0.3 is 34.2 Å². The van der Waals surface area contributed by atoms with Crippen LogP contribution in [0.4, 0.5) is 0 Å². The topological polar surface area (TPSA) is 127 Å². The number of rotatable bonds is 5. The van der Waals surface area contributed by atoms with E-state index in [2.05, 4.69) is 15.3 Å². The van der Waals surface area contributed by atoms with Crippen LogP contribution in [-0.2, 0) is 6.42 Å². The molecule has 1 aromatic heterocycles. The molecule has 1 atom stereocenters. The van der Waals surface area contributed by atoms with Crippen LogP contribution in [0, 0.1) is 0 Å². The first-order chi connectivity index (χ1) is 10.1. The number of aliphatic hydroxyl groups is 1. The van der Waals surface area contributed by atoms with Crippen LogP contribution in [0.1, 0.15) is 20.2 Å². The smallest absolute Gasteiger partial charge is 1.00 e. The molecule has 0 aliphatic carbocycles. The van der Waals surface area contributed by atoms with E-state index in [1.165, 1.54) is 12.1 Å². The van der Waals surface area contributed by atoms with Crippen molar-refractivity contribution in [3.8, 4) is 11.5 Å². The molecule has 0 bridgehead atoms. The molecule has 1 heterocycles. The first-order valence-corrected chi connectivity index (χ1v) is 6.60. The summed E-state index contributed by atoms with van der Waals surface area (Å²) in [5.74, 6) is -0.395. The number of aliphatic hydroxyl groups excluding tert-OH is 1. The molecular formula is C14H25CaClN4O3. The fourth-order valence-electron chi connectivity index (χ4n) is 1.64. The van der Waals surface area contributed by atoms with Gasteiger partial charge in [-0.2, -0.15) is 0 Å². The summed E-state index contributed by atoms with van der Waals surface area (Å²) >= 11 is 0. The molecular weight excluding hydrogens is 348 g/mol. The molecule has 0 spiro atoms. The van der Waals surface area contributed by atoms with Crippen LogP contribution < -0.4 is 11.1 Å². The third-order valence-electron chi connectivity index (χ3n) is 2.75. The molecule has 0 unspecified atom stereocenters. The second-order valence-electron chi connectivity index (χ2n) is 4.44. The summed E-state index contributed by atoms with van der Waals surface area (Å²) in [6, 6.07) is 4.26. The van der Waals surface area contributed by atoms with Gasteiger partial charge in [0.05, 0.1) is 12.4 Å². The zero-order valence-corrected chi connectivity index (χ0v) is 16.1. The van der Waals surface area contributed by atoms with Gasteiger partial charge in [-0.1, -0.05) is 6.07 Å². The summed E-state index contributed by atoms with van der Waals surface area (Å²) in [6.45, 7) is 1.09. The van der Waals surface area contributed by atoms with Crippen molar-refractivity contribution < 1.29 is 18.2 Å². The Hall–Kier alpha value is -0.540. The quantitative estimate of drug-likeness (QED) is 0.335. The number of nitrogens with two attached hydrogens (primary N) is 1. The van der Waals surface area contributed by atoms with Gasteiger partial charge in [0, 0.05) is 24.9 Å². The number of imidazole rings is 1. The Morgan fingerprint density at radius 2 is 2.04 bits per heavy atom. The van der Waals surface area contributed by atoms with Crippen molar-refractivity contribution in [2.75, 3.05) is 20.1 Å². The molecule has 0 saturated heterocycles. The third-order valence-corrected chi connectivity index (χ3v) is 2.75. The molecule has 0 amide bonds. The summed E-state index contributed by atoms with van der Waals surface area (Å²) in [5.41, 5.74) is 6.95. The fraction of sp³-hybridized carbons (Fsp3) is 0.357. The number of aromatic nitrogens is 2. The minimum Gasteiger partial charge on any atom is -1.00 e. The number of aromatic hydroxyl groups is 2. The first kappa shape index (κ1) is 24.7. The normalized spacial score (nSPS) is 10.6. The maximum atomic E-state index is 9.48. The number of phenols is 2. The standard InChI is InChI=1S/C9H13NO3.C5H9N3.Ca.ClH.2H/c1-10-5-9(13)6-2-3-7(11)8(12)4-6;6-2-1-5-3-7-4-8-5;;;;/h2-4,9-13H,5H2,1H3;3-4H,1-2,6H2,(H,7,8);;1H;;/q;;+2;;2*-1/t9-;;;;;/m0...../s1. The largest absolute Gasteiger partial charge is 2.00 e. The number of hydrogen-bond donors (Lipinski definition) is 6. The number of halogens is 1. The zero-order chi connectivity index (χ0) is 15.7. The Morgan fingerprint density at radius 1 is 1.35 bits per heavy atom. The van der Waals surface area contributed by atoms with Crippen LogP contribution in [0.3, 0.4) is 0 Å². The Labute approximate surface area is 174 Å². The Morgan fingerprint density at radius 3 is 2.52 bits per heavy atom. The van der Waals surface area contributed by atoms with Crippen LogP contribution in [-0.4, -0.2) is 83.2 Å². The molecule has 0 aliphatic heterocycles. The molecule has 7 N–H and O–H groups in total. The second kappa shape index (κ2) is 13.9. The van der Waals surface area contributed by atoms with Crippen molar-refractivity contribution in [1.82, 2.24) is 15.3 Å². The van der Waals surface area contributed by atoms with E-state index in [1.54, 1.807) is 25.6 Å². The van der Waals surface area contributed by atoms with E-state index in [0.717, 1.165) is 12.1 Å². The van der Waals surface area contributed by atoms with Crippen LogP contribution in [0.25, 0.3) is 0 Å². The van der Waals surface area contributed by atoms with E-state index in [-0.39, 0.29) is 64.5 Å². The zero-order valence-electron chi connectivity index (χ0n) is 15.1. The number of likely N-dealkylation sites (N-methyl/N-ethyl adjacent to an activating group) is 1. The van der Waals surface area contributed by atoms with Crippen LogP contribution in [0.5, 0.6) is 11.5 Å². The molecule has 7 nitrogen and oxygen atoms in total. The Bertz CT molecular complexity index is 539. The molecule has 2 rings (SSSR count). The molecule has 1 aromatic carbocycles. The second-order valence-corrected chi connectivity index (χ2v) is 4.44. The summed E-state index contributed by atoms with van der Waals surface area (Å²) < 4.78 is 0. The SMILES string of the molecule is CNC[C@H](O)c1ccc(O)c(O)c1.Cl.NCCc1cnc[nH]1.[Ca+2].[H-].[H-]. The van der Waals surface area contributed by atoms with Crippen molar-refractivity contribution in [3.63, 3.8) is 0 Å². The van der Waals surface area contributed by atoms with E-state index < -0.39 is 6.10 Å². The van der Waals surface area contributed by atoms with Gasteiger partial charge in [-0.25, -0.2) is 4.98 Å². The van der Waals surface area contributed by atoms with Crippen molar-refractivity contribution >= 4 is 50.1 Å². The van der Waals surface area contributed by atoms with E-state index in [1.807, 2.05) is 0 Å². The number of phenolic OH excluding ortho intramolecular Hbond substituents is 2. The number of H-pyrrole nitrogens is 1. The number of nitrogens with one attached hydrogen (secondary N) is 2. The maximum Gasteiger partial charge on any atom is 2.00 e. The van der Waals surface area contributed by atoms with Gasteiger partial charge in [-0.3, -0.25) is 0 Å². The fourth-order valence-corrected chi connectivity index (χ4v) is 1.64. The van der Waals surface area contributed by atoms with Gasteiger partial charge >= 0.3 is 37.7 Å².